The zero-order valence-electron chi connectivity index (χ0n) is 24.3. The van der Waals surface area contributed by atoms with Crippen molar-refractivity contribution in [1.29, 1.82) is 0 Å². The van der Waals surface area contributed by atoms with Crippen molar-refractivity contribution >= 4 is 30.1 Å². The molecule has 0 saturated heterocycles. The Balaban J connectivity index is 1.61. The summed E-state index contributed by atoms with van der Waals surface area (Å²) in [6, 6.07) is 21.5. The monoisotopic (exact) mass is 555 g/mol. The number of hydrogen-bond donors (Lipinski definition) is 2. The first kappa shape index (κ1) is 31.2. The van der Waals surface area contributed by atoms with Crippen LogP contribution in [0.3, 0.4) is 0 Å². The summed E-state index contributed by atoms with van der Waals surface area (Å²) in [5.41, 5.74) is 4.60. The van der Waals surface area contributed by atoms with Gasteiger partial charge in [-0.3, -0.25) is 9.79 Å². The number of carbonyl (C=O) groups excluding carboxylic acids is 1. The van der Waals surface area contributed by atoms with E-state index in [1.807, 2.05) is 85.9 Å². The highest BCUT2D eigenvalue weighted by molar-refractivity contribution is 6.02. The van der Waals surface area contributed by atoms with Crippen LogP contribution in [0.25, 0.3) is 23.3 Å². The second-order valence-corrected chi connectivity index (χ2v) is 9.15. The van der Waals surface area contributed by atoms with Crippen molar-refractivity contribution in [2.45, 2.75) is 33.6 Å². The van der Waals surface area contributed by atoms with E-state index in [0.717, 1.165) is 59.7 Å². The maximum absolute atomic E-state index is 12.7. The molecule has 0 aliphatic rings. The molecule has 0 saturated carbocycles. The van der Waals surface area contributed by atoms with Crippen molar-refractivity contribution < 1.29 is 19.0 Å². The van der Waals surface area contributed by atoms with E-state index >= 15 is 0 Å². The Morgan fingerprint density at radius 1 is 0.829 bits per heavy atom. The Kier molecular flexibility index (Phi) is 13.7. The van der Waals surface area contributed by atoms with Crippen LogP contribution in [-0.2, 0) is 9.53 Å². The fraction of sp³-hybridized carbons (Fsp3) is 0.294. The summed E-state index contributed by atoms with van der Waals surface area (Å²) < 4.78 is 17.0. The van der Waals surface area contributed by atoms with E-state index in [0.29, 0.717) is 25.5 Å². The Hall–Kier alpha value is -4.36. The third-order valence-corrected chi connectivity index (χ3v) is 5.83. The fourth-order valence-electron chi connectivity index (χ4n) is 3.81. The molecule has 41 heavy (non-hydrogen) atoms. The van der Waals surface area contributed by atoms with Crippen LogP contribution in [0.2, 0.25) is 0 Å². The van der Waals surface area contributed by atoms with Gasteiger partial charge in [0, 0.05) is 36.7 Å². The van der Waals surface area contributed by atoms with E-state index in [1.165, 1.54) is 6.08 Å². The molecule has 3 aromatic rings. The molecule has 216 valence electrons. The first-order valence-corrected chi connectivity index (χ1v) is 14.2. The quantitative estimate of drug-likeness (QED) is 0.0796. The summed E-state index contributed by atoms with van der Waals surface area (Å²) in [6.07, 6.45) is 10.8. The van der Waals surface area contributed by atoms with Crippen molar-refractivity contribution in [1.82, 2.24) is 5.32 Å². The number of hydrogen-bond acceptors (Lipinski definition) is 5. The van der Waals surface area contributed by atoms with Crippen LogP contribution in [0, 0.1) is 0 Å². The van der Waals surface area contributed by atoms with E-state index in [4.69, 9.17) is 14.2 Å². The Labute approximate surface area is 244 Å². The third kappa shape index (κ3) is 11.3. The standard InChI is InChI=1S/C34H41N3O4/c1-4-20-35-26-36-21-19-27-7-13-31(14-8-27)37-34(38)18-12-30-25-29(11-17-33(30)40-6-3)28-9-15-32(16-10-28)41-24-23-39-22-5-2/h7-19,21,25-26H,4-6,20,22-24H2,1-3H3,(H,35,36)(H,37,38)/b18-12+,21-19+. The molecule has 7 nitrogen and oxygen atoms in total. The number of carbonyl (C=O) groups is 1. The van der Waals surface area contributed by atoms with Crippen LogP contribution in [0.4, 0.5) is 5.69 Å². The molecule has 1 amide bonds. The van der Waals surface area contributed by atoms with Gasteiger partial charge in [0.05, 0.1) is 19.6 Å². The fourth-order valence-corrected chi connectivity index (χ4v) is 3.81. The molecule has 0 radical (unpaired) electrons. The highest BCUT2D eigenvalue weighted by atomic mass is 16.5. The zero-order chi connectivity index (χ0) is 29.1. The van der Waals surface area contributed by atoms with Crippen molar-refractivity contribution in [3.63, 3.8) is 0 Å². The first-order valence-electron chi connectivity index (χ1n) is 14.2. The minimum absolute atomic E-state index is 0.223. The molecular weight excluding hydrogens is 514 g/mol. The number of ether oxygens (including phenoxy) is 3. The third-order valence-electron chi connectivity index (χ3n) is 5.83. The van der Waals surface area contributed by atoms with Gasteiger partial charge in [0.15, 0.2) is 0 Å². The average Bonchev–Trinajstić information content (AvgIpc) is 2.99. The smallest absolute Gasteiger partial charge is 0.248 e. The van der Waals surface area contributed by atoms with Gasteiger partial charge in [0.25, 0.3) is 0 Å². The van der Waals surface area contributed by atoms with Crippen LogP contribution >= 0.6 is 0 Å². The van der Waals surface area contributed by atoms with Crippen molar-refractivity contribution in [2.24, 2.45) is 4.99 Å². The zero-order valence-corrected chi connectivity index (χ0v) is 24.3. The average molecular weight is 556 g/mol. The van der Waals surface area contributed by atoms with Gasteiger partial charge in [-0.05, 0) is 85.0 Å². The largest absolute Gasteiger partial charge is 0.493 e. The number of benzene rings is 3. The number of nitrogens with one attached hydrogen (secondary N) is 2. The number of anilines is 1. The van der Waals surface area contributed by atoms with Gasteiger partial charge in [0.2, 0.25) is 5.91 Å². The van der Waals surface area contributed by atoms with E-state index in [9.17, 15) is 4.79 Å². The Morgan fingerprint density at radius 3 is 2.34 bits per heavy atom. The summed E-state index contributed by atoms with van der Waals surface area (Å²) >= 11 is 0. The summed E-state index contributed by atoms with van der Waals surface area (Å²) in [7, 11) is 0. The number of amides is 1. The summed E-state index contributed by atoms with van der Waals surface area (Å²) in [5.74, 6) is 1.30. The SMILES string of the molecule is CCCN=CN/C=C/c1ccc(NC(=O)/C=C/c2cc(-c3ccc(OCCOCCC)cc3)ccc2OCC)cc1. The maximum Gasteiger partial charge on any atom is 0.248 e. The summed E-state index contributed by atoms with van der Waals surface area (Å²) in [5, 5.41) is 5.93. The van der Waals surface area contributed by atoms with Gasteiger partial charge in [-0.25, -0.2) is 0 Å². The molecule has 3 aromatic carbocycles. The first-order chi connectivity index (χ1) is 20.1. The van der Waals surface area contributed by atoms with E-state index in [2.05, 4.69) is 29.5 Å². The number of rotatable bonds is 17. The van der Waals surface area contributed by atoms with Gasteiger partial charge in [0.1, 0.15) is 18.1 Å². The molecule has 3 rings (SSSR count). The van der Waals surface area contributed by atoms with Gasteiger partial charge < -0.3 is 24.8 Å². The minimum Gasteiger partial charge on any atom is -0.493 e. The molecule has 0 aliphatic heterocycles. The normalized spacial score (nSPS) is 11.4. The minimum atomic E-state index is -0.223. The van der Waals surface area contributed by atoms with E-state index < -0.39 is 0 Å². The molecule has 2 N–H and O–H groups in total. The molecule has 7 heteroatoms. The summed E-state index contributed by atoms with van der Waals surface area (Å²) in [6.45, 7) is 9.29. The highest BCUT2D eigenvalue weighted by Gasteiger charge is 2.07. The predicted molar refractivity (Wildman–Crippen MR) is 170 cm³/mol. The van der Waals surface area contributed by atoms with Crippen molar-refractivity contribution in [2.75, 3.05) is 38.3 Å². The van der Waals surface area contributed by atoms with Crippen LogP contribution < -0.4 is 20.1 Å². The van der Waals surface area contributed by atoms with Crippen molar-refractivity contribution in [3.8, 4) is 22.6 Å². The molecular formula is C34H41N3O4. The second-order valence-electron chi connectivity index (χ2n) is 9.15. The molecule has 0 aliphatic carbocycles. The Bertz CT molecular complexity index is 1280. The van der Waals surface area contributed by atoms with Gasteiger partial charge >= 0.3 is 0 Å². The topological polar surface area (TPSA) is 81.2 Å². The van der Waals surface area contributed by atoms with E-state index in [-0.39, 0.29) is 5.91 Å². The molecule has 0 spiro atoms. The lowest BCUT2D eigenvalue weighted by Crippen LogP contribution is -2.07. The second kappa shape index (κ2) is 18.1. The molecule has 0 heterocycles. The molecule has 0 fully saturated rings. The lowest BCUT2D eigenvalue weighted by atomic mass is 10.0. The molecule has 0 atom stereocenters. The van der Waals surface area contributed by atoms with E-state index in [1.54, 1.807) is 12.4 Å². The van der Waals surface area contributed by atoms with Crippen LogP contribution in [0.5, 0.6) is 11.5 Å². The van der Waals surface area contributed by atoms with Crippen LogP contribution in [-0.4, -0.2) is 45.2 Å². The van der Waals surface area contributed by atoms with Crippen LogP contribution in [0.15, 0.2) is 84.0 Å². The number of nitrogens with zero attached hydrogens (tertiary/aromatic N) is 1. The van der Waals surface area contributed by atoms with Crippen molar-refractivity contribution in [3.05, 3.63) is 90.1 Å². The van der Waals surface area contributed by atoms with Crippen LogP contribution in [0.1, 0.15) is 44.7 Å². The lowest BCUT2D eigenvalue weighted by molar-refractivity contribution is -0.111. The lowest BCUT2D eigenvalue weighted by Gasteiger charge is -2.11. The van der Waals surface area contributed by atoms with Gasteiger partial charge in [-0.2, -0.15) is 0 Å². The molecule has 0 unspecified atom stereocenters. The summed E-state index contributed by atoms with van der Waals surface area (Å²) in [4.78, 5) is 16.9. The highest BCUT2D eigenvalue weighted by Crippen LogP contribution is 2.29. The van der Waals surface area contributed by atoms with Gasteiger partial charge in [-0.15, -0.1) is 0 Å². The molecule has 0 aromatic heterocycles. The Morgan fingerprint density at radius 2 is 1.61 bits per heavy atom. The molecule has 0 bridgehead atoms. The number of aliphatic imine (C=N–C) groups is 1. The maximum atomic E-state index is 12.7. The van der Waals surface area contributed by atoms with Gasteiger partial charge in [-0.1, -0.05) is 44.2 Å². The predicted octanol–water partition coefficient (Wildman–Crippen LogP) is 7.21.